The van der Waals surface area contributed by atoms with Gasteiger partial charge in [0.25, 0.3) is 0 Å². The summed E-state index contributed by atoms with van der Waals surface area (Å²) in [4.78, 5) is 28.6. The van der Waals surface area contributed by atoms with Crippen LogP contribution in [-0.2, 0) is 26.2 Å². The maximum absolute atomic E-state index is 13.7. The Morgan fingerprint density at radius 1 is 1.00 bits per heavy atom. The SMILES string of the molecule is CC[C@H](C(=O)NC1CCCCC1)N(Cc1ccc(C)cc1)C(=O)CN(c1ccccc1)S(C)(=O)=O. The Balaban J connectivity index is 1.88. The van der Waals surface area contributed by atoms with Crippen LogP contribution in [0, 0.1) is 6.92 Å². The van der Waals surface area contributed by atoms with Crippen molar-refractivity contribution in [2.45, 2.75) is 71.0 Å². The first kappa shape index (κ1) is 26.7. The number of hydrogen-bond acceptors (Lipinski definition) is 4. The van der Waals surface area contributed by atoms with Crippen molar-refractivity contribution in [1.29, 1.82) is 0 Å². The summed E-state index contributed by atoms with van der Waals surface area (Å²) in [6, 6.07) is 15.8. The molecule has 0 radical (unpaired) electrons. The van der Waals surface area contributed by atoms with Crippen LogP contribution in [0.3, 0.4) is 0 Å². The first-order valence-electron chi connectivity index (χ1n) is 12.4. The van der Waals surface area contributed by atoms with Crippen molar-refractivity contribution in [1.82, 2.24) is 10.2 Å². The number of carbonyl (C=O) groups is 2. The molecule has 190 valence electrons. The maximum atomic E-state index is 13.7. The highest BCUT2D eigenvalue weighted by Gasteiger charge is 2.32. The first-order chi connectivity index (χ1) is 16.7. The molecule has 8 heteroatoms. The monoisotopic (exact) mass is 499 g/mol. The van der Waals surface area contributed by atoms with Crippen LogP contribution in [-0.4, -0.2) is 50.0 Å². The van der Waals surface area contributed by atoms with Crippen molar-refractivity contribution in [2.75, 3.05) is 17.1 Å². The summed E-state index contributed by atoms with van der Waals surface area (Å²) in [5, 5.41) is 3.15. The molecule has 2 amide bonds. The lowest BCUT2D eigenvalue weighted by Gasteiger charge is -2.34. The van der Waals surface area contributed by atoms with Gasteiger partial charge in [-0.05, 0) is 43.9 Å². The van der Waals surface area contributed by atoms with Crippen LogP contribution in [0.25, 0.3) is 0 Å². The molecule has 0 aliphatic heterocycles. The molecule has 0 saturated heterocycles. The number of nitrogens with one attached hydrogen (secondary N) is 1. The molecule has 1 aliphatic rings. The van der Waals surface area contributed by atoms with Crippen LogP contribution in [0.1, 0.15) is 56.6 Å². The number of amides is 2. The van der Waals surface area contributed by atoms with Crippen LogP contribution in [0.5, 0.6) is 0 Å². The number of para-hydroxylation sites is 1. The van der Waals surface area contributed by atoms with Crippen LogP contribution >= 0.6 is 0 Å². The van der Waals surface area contributed by atoms with Crippen LogP contribution in [0.4, 0.5) is 5.69 Å². The molecule has 0 spiro atoms. The van der Waals surface area contributed by atoms with E-state index in [0.717, 1.165) is 47.4 Å². The number of carbonyl (C=O) groups excluding carboxylic acids is 2. The summed E-state index contributed by atoms with van der Waals surface area (Å²) < 4.78 is 26.3. The molecule has 1 fully saturated rings. The van der Waals surface area contributed by atoms with Crippen molar-refractivity contribution in [3.05, 3.63) is 65.7 Å². The number of hydrogen-bond donors (Lipinski definition) is 1. The molecule has 2 aromatic carbocycles. The van der Waals surface area contributed by atoms with Crippen LogP contribution in [0.15, 0.2) is 54.6 Å². The second kappa shape index (κ2) is 12.2. The van der Waals surface area contributed by atoms with E-state index < -0.39 is 22.0 Å². The van der Waals surface area contributed by atoms with Gasteiger partial charge in [0.1, 0.15) is 12.6 Å². The zero-order valence-electron chi connectivity index (χ0n) is 20.9. The molecule has 1 saturated carbocycles. The second-order valence-electron chi connectivity index (χ2n) is 9.38. The Morgan fingerprint density at radius 3 is 2.20 bits per heavy atom. The second-order valence-corrected chi connectivity index (χ2v) is 11.3. The van der Waals surface area contributed by atoms with Crippen LogP contribution in [0.2, 0.25) is 0 Å². The van der Waals surface area contributed by atoms with Gasteiger partial charge in [-0.15, -0.1) is 0 Å². The quantitative estimate of drug-likeness (QED) is 0.535. The van der Waals surface area contributed by atoms with Gasteiger partial charge >= 0.3 is 0 Å². The van der Waals surface area contributed by atoms with E-state index in [2.05, 4.69) is 5.32 Å². The van der Waals surface area contributed by atoms with E-state index in [1.807, 2.05) is 38.1 Å². The lowest BCUT2D eigenvalue weighted by Crippen LogP contribution is -2.53. The highest BCUT2D eigenvalue weighted by atomic mass is 32.2. The molecule has 0 bridgehead atoms. The molecule has 2 aromatic rings. The highest BCUT2D eigenvalue weighted by molar-refractivity contribution is 7.92. The van der Waals surface area contributed by atoms with Crippen molar-refractivity contribution in [3.8, 4) is 0 Å². The fourth-order valence-electron chi connectivity index (χ4n) is 4.56. The number of rotatable bonds is 10. The van der Waals surface area contributed by atoms with Gasteiger partial charge in [-0.2, -0.15) is 0 Å². The third kappa shape index (κ3) is 7.56. The lowest BCUT2D eigenvalue weighted by atomic mass is 9.95. The highest BCUT2D eigenvalue weighted by Crippen LogP contribution is 2.21. The van der Waals surface area contributed by atoms with Crippen molar-refractivity contribution in [2.24, 2.45) is 0 Å². The van der Waals surface area contributed by atoms with E-state index in [1.54, 1.807) is 30.3 Å². The molecule has 1 atom stereocenters. The van der Waals surface area contributed by atoms with Gasteiger partial charge < -0.3 is 10.2 Å². The Labute approximate surface area is 209 Å². The minimum atomic E-state index is -3.72. The maximum Gasteiger partial charge on any atom is 0.244 e. The number of nitrogens with zero attached hydrogens (tertiary/aromatic N) is 2. The molecule has 0 aromatic heterocycles. The largest absolute Gasteiger partial charge is 0.352 e. The van der Waals surface area contributed by atoms with Crippen molar-refractivity contribution < 1.29 is 18.0 Å². The molecule has 3 rings (SSSR count). The standard InChI is InChI=1S/C27H37N3O4S/c1-4-25(27(32)28-23-11-7-5-8-12-23)29(19-22-17-15-21(2)16-18-22)26(31)20-30(35(3,33)34)24-13-9-6-10-14-24/h6,9-10,13-18,23,25H,4-5,7-8,11-12,19-20H2,1-3H3,(H,28,32)/t25-/m1/s1. The lowest BCUT2D eigenvalue weighted by molar-refractivity contribution is -0.140. The molecular weight excluding hydrogens is 462 g/mol. The summed E-state index contributed by atoms with van der Waals surface area (Å²) in [6.45, 7) is 3.72. The minimum Gasteiger partial charge on any atom is -0.352 e. The molecule has 1 aliphatic carbocycles. The van der Waals surface area contributed by atoms with Gasteiger partial charge in [-0.25, -0.2) is 8.42 Å². The summed E-state index contributed by atoms with van der Waals surface area (Å²) in [5.74, 6) is -0.587. The summed E-state index contributed by atoms with van der Waals surface area (Å²) in [6.07, 6.45) is 6.78. The van der Waals surface area contributed by atoms with Crippen molar-refractivity contribution in [3.63, 3.8) is 0 Å². The number of anilines is 1. The van der Waals surface area contributed by atoms with E-state index >= 15 is 0 Å². The smallest absolute Gasteiger partial charge is 0.244 e. The van der Waals surface area contributed by atoms with E-state index in [4.69, 9.17) is 0 Å². The van der Waals surface area contributed by atoms with Gasteiger partial charge in [0.2, 0.25) is 21.8 Å². The third-order valence-electron chi connectivity index (χ3n) is 6.53. The molecule has 0 heterocycles. The van der Waals surface area contributed by atoms with E-state index in [0.29, 0.717) is 12.1 Å². The number of sulfonamides is 1. The summed E-state index contributed by atoms with van der Waals surface area (Å²) in [7, 11) is -3.72. The average molecular weight is 500 g/mol. The molecule has 1 N–H and O–H groups in total. The van der Waals surface area contributed by atoms with Crippen molar-refractivity contribution >= 4 is 27.5 Å². The molecule has 35 heavy (non-hydrogen) atoms. The topological polar surface area (TPSA) is 86.8 Å². The normalized spacial score (nSPS) is 15.3. The zero-order chi connectivity index (χ0) is 25.4. The average Bonchev–Trinajstić information content (AvgIpc) is 2.84. The van der Waals surface area contributed by atoms with Gasteiger partial charge in [0.05, 0.1) is 11.9 Å². The van der Waals surface area contributed by atoms with E-state index in [9.17, 15) is 18.0 Å². The first-order valence-corrected chi connectivity index (χ1v) is 14.2. The Morgan fingerprint density at radius 2 is 1.63 bits per heavy atom. The zero-order valence-corrected chi connectivity index (χ0v) is 21.8. The van der Waals surface area contributed by atoms with Crippen LogP contribution < -0.4 is 9.62 Å². The van der Waals surface area contributed by atoms with E-state index in [1.165, 1.54) is 11.3 Å². The third-order valence-corrected chi connectivity index (χ3v) is 7.67. The fourth-order valence-corrected chi connectivity index (χ4v) is 5.41. The number of benzene rings is 2. The van der Waals surface area contributed by atoms with Gasteiger partial charge in [0.15, 0.2) is 0 Å². The van der Waals surface area contributed by atoms with Gasteiger partial charge in [-0.1, -0.05) is 74.2 Å². The number of aryl methyl sites for hydroxylation is 1. The summed E-state index contributed by atoms with van der Waals surface area (Å²) in [5.41, 5.74) is 2.40. The summed E-state index contributed by atoms with van der Waals surface area (Å²) >= 11 is 0. The predicted molar refractivity (Wildman–Crippen MR) is 139 cm³/mol. The van der Waals surface area contributed by atoms with Gasteiger partial charge in [-0.3, -0.25) is 13.9 Å². The molecule has 7 nitrogen and oxygen atoms in total. The van der Waals surface area contributed by atoms with E-state index in [-0.39, 0.29) is 25.0 Å². The predicted octanol–water partition coefficient (Wildman–Crippen LogP) is 4.02. The Kier molecular flexibility index (Phi) is 9.32. The molecule has 0 unspecified atom stereocenters. The Bertz CT molecular complexity index is 1080. The minimum absolute atomic E-state index is 0.124. The van der Waals surface area contributed by atoms with Gasteiger partial charge in [0, 0.05) is 12.6 Å². The Hall–Kier alpha value is -2.87. The fraction of sp³-hybridized carbons (Fsp3) is 0.481. The molecular formula is C27H37N3O4S.